The molecule has 18 heavy (non-hydrogen) atoms. The molecule has 3 N–H and O–H groups in total. The molecule has 0 saturated carbocycles. The van der Waals surface area contributed by atoms with Gasteiger partial charge in [0.15, 0.2) is 0 Å². The van der Waals surface area contributed by atoms with Gasteiger partial charge in [-0.3, -0.25) is 4.68 Å². The fourth-order valence-corrected chi connectivity index (χ4v) is 1.58. The Labute approximate surface area is 111 Å². The lowest BCUT2D eigenvalue weighted by Gasteiger charge is -2.05. The Morgan fingerprint density at radius 3 is 2.61 bits per heavy atom. The third-order valence-electron chi connectivity index (χ3n) is 2.46. The molecular formula is C12H16ClN3O2. The number of halogens is 1. The van der Waals surface area contributed by atoms with E-state index in [-0.39, 0.29) is 23.9 Å². The normalized spacial score (nSPS) is 10.1. The maximum atomic E-state index is 9.57. The van der Waals surface area contributed by atoms with E-state index in [0.717, 1.165) is 11.3 Å². The molecule has 2 rings (SSSR count). The molecule has 0 bridgehead atoms. The summed E-state index contributed by atoms with van der Waals surface area (Å²) in [6.07, 6.45) is 1.88. The van der Waals surface area contributed by atoms with Crippen LogP contribution in [0.25, 0.3) is 0 Å². The first kappa shape index (κ1) is 14.3. The zero-order valence-corrected chi connectivity index (χ0v) is 10.8. The third kappa shape index (κ3) is 3.65. The van der Waals surface area contributed by atoms with Crippen LogP contribution in [0.1, 0.15) is 11.3 Å². The van der Waals surface area contributed by atoms with Crippen molar-refractivity contribution < 1.29 is 10.2 Å². The van der Waals surface area contributed by atoms with Crippen LogP contribution in [0.2, 0.25) is 0 Å². The molecule has 0 unspecified atom stereocenters. The molecule has 98 valence electrons. The molecule has 0 fully saturated rings. The van der Waals surface area contributed by atoms with Crippen molar-refractivity contribution in [3.63, 3.8) is 0 Å². The summed E-state index contributed by atoms with van der Waals surface area (Å²) in [6, 6.07) is 6.51. The Kier molecular flexibility index (Phi) is 5.00. The molecule has 0 amide bonds. The minimum atomic E-state index is 0. The van der Waals surface area contributed by atoms with E-state index in [1.54, 1.807) is 16.8 Å². The third-order valence-corrected chi connectivity index (χ3v) is 2.46. The average molecular weight is 270 g/mol. The van der Waals surface area contributed by atoms with Gasteiger partial charge >= 0.3 is 0 Å². The van der Waals surface area contributed by atoms with Crippen molar-refractivity contribution in [3.8, 4) is 11.5 Å². The second kappa shape index (κ2) is 6.28. The van der Waals surface area contributed by atoms with Crippen molar-refractivity contribution in [2.75, 3.05) is 0 Å². The number of aromatic hydroxyl groups is 2. The first-order chi connectivity index (χ1) is 8.15. The largest absolute Gasteiger partial charge is 0.508 e. The van der Waals surface area contributed by atoms with E-state index in [1.807, 2.05) is 19.3 Å². The van der Waals surface area contributed by atoms with Crippen LogP contribution in [0.3, 0.4) is 0 Å². The van der Waals surface area contributed by atoms with Crippen LogP contribution < -0.4 is 5.32 Å². The highest BCUT2D eigenvalue weighted by molar-refractivity contribution is 5.85. The topological polar surface area (TPSA) is 70.3 Å². The van der Waals surface area contributed by atoms with E-state index < -0.39 is 0 Å². The Balaban J connectivity index is 0.00000162. The minimum Gasteiger partial charge on any atom is -0.508 e. The first-order valence-electron chi connectivity index (χ1n) is 5.35. The summed E-state index contributed by atoms with van der Waals surface area (Å²) in [5.74, 6) is 0.162. The minimum absolute atomic E-state index is 0. The Morgan fingerprint density at radius 1 is 1.22 bits per heavy atom. The van der Waals surface area contributed by atoms with E-state index in [4.69, 9.17) is 5.11 Å². The maximum Gasteiger partial charge on any atom is 0.123 e. The lowest BCUT2D eigenvalue weighted by atomic mass is 10.2. The van der Waals surface area contributed by atoms with Gasteiger partial charge in [-0.05, 0) is 12.1 Å². The lowest BCUT2D eigenvalue weighted by Crippen LogP contribution is -2.13. The van der Waals surface area contributed by atoms with Gasteiger partial charge in [-0.15, -0.1) is 12.4 Å². The molecule has 1 aromatic carbocycles. The Bertz CT molecular complexity index is 514. The zero-order valence-electron chi connectivity index (χ0n) is 10.00. The van der Waals surface area contributed by atoms with Crippen molar-refractivity contribution in [3.05, 3.63) is 41.7 Å². The summed E-state index contributed by atoms with van der Waals surface area (Å²) in [6.45, 7) is 1.17. The molecule has 0 aliphatic carbocycles. The number of rotatable bonds is 4. The fraction of sp³-hybridized carbons (Fsp3) is 0.250. The van der Waals surface area contributed by atoms with Crippen LogP contribution in [-0.4, -0.2) is 20.0 Å². The van der Waals surface area contributed by atoms with Crippen molar-refractivity contribution in [1.29, 1.82) is 0 Å². The summed E-state index contributed by atoms with van der Waals surface area (Å²) in [4.78, 5) is 0. The van der Waals surface area contributed by atoms with Gasteiger partial charge in [0.25, 0.3) is 0 Å². The van der Waals surface area contributed by atoms with Crippen molar-refractivity contribution in [2.24, 2.45) is 7.05 Å². The van der Waals surface area contributed by atoms with E-state index in [9.17, 15) is 5.11 Å². The van der Waals surface area contributed by atoms with Gasteiger partial charge in [-0.2, -0.15) is 5.10 Å². The number of hydrogen-bond donors (Lipinski definition) is 3. The molecule has 1 aromatic heterocycles. The average Bonchev–Trinajstić information content (AvgIpc) is 2.68. The molecule has 5 nitrogen and oxygen atoms in total. The highest BCUT2D eigenvalue weighted by Gasteiger charge is 2.02. The number of nitrogens with one attached hydrogen (secondary N) is 1. The van der Waals surface area contributed by atoms with Crippen LogP contribution in [0, 0.1) is 0 Å². The molecule has 6 heteroatoms. The summed E-state index contributed by atoms with van der Waals surface area (Å²) in [5.41, 5.74) is 1.70. The Morgan fingerprint density at radius 2 is 2.00 bits per heavy atom. The van der Waals surface area contributed by atoms with Gasteiger partial charge in [-0.25, -0.2) is 0 Å². The zero-order chi connectivity index (χ0) is 12.3. The standard InChI is InChI=1S/C12H15N3O2.ClH/c1-15-5-4-10(14-15)8-13-7-9-2-3-11(16)6-12(9)17;/h2-6,13,16-17H,7-8H2,1H3;1H. The summed E-state index contributed by atoms with van der Waals surface area (Å²) < 4.78 is 1.75. The van der Waals surface area contributed by atoms with Crippen molar-refractivity contribution in [2.45, 2.75) is 13.1 Å². The van der Waals surface area contributed by atoms with E-state index in [2.05, 4.69) is 10.4 Å². The highest BCUT2D eigenvalue weighted by atomic mass is 35.5. The molecule has 0 aliphatic rings. The van der Waals surface area contributed by atoms with Crippen LogP contribution in [0.5, 0.6) is 11.5 Å². The van der Waals surface area contributed by atoms with Gasteiger partial charge in [0.1, 0.15) is 11.5 Å². The number of benzene rings is 1. The van der Waals surface area contributed by atoms with Crippen LogP contribution in [-0.2, 0) is 20.1 Å². The predicted molar refractivity (Wildman–Crippen MR) is 70.8 cm³/mol. The van der Waals surface area contributed by atoms with E-state index >= 15 is 0 Å². The molecule has 1 heterocycles. The number of hydrogen-bond acceptors (Lipinski definition) is 4. The first-order valence-corrected chi connectivity index (χ1v) is 5.35. The molecular weight excluding hydrogens is 254 g/mol. The quantitative estimate of drug-likeness (QED) is 0.788. The lowest BCUT2D eigenvalue weighted by molar-refractivity contribution is 0.443. The van der Waals surface area contributed by atoms with E-state index in [0.29, 0.717) is 13.1 Å². The van der Waals surface area contributed by atoms with Gasteiger partial charge in [0.2, 0.25) is 0 Å². The molecule has 0 aliphatic heterocycles. The van der Waals surface area contributed by atoms with Crippen molar-refractivity contribution >= 4 is 12.4 Å². The number of aromatic nitrogens is 2. The van der Waals surface area contributed by atoms with Crippen LogP contribution in [0.4, 0.5) is 0 Å². The van der Waals surface area contributed by atoms with Gasteiger partial charge < -0.3 is 15.5 Å². The fourth-order valence-electron chi connectivity index (χ4n) is 1.58. The maximum absolute atomic E-state index is 9.57. The molecule has 0 spiro atoms. The second-order valence-corrected chi connectivity index (χ2v) is 3.90. The smallest absolute Gasteiger partial charge is 0.123 e. The Hall–Kier alpha value is -1.72. The molecule has 0 atom stereocenters. The van der Waals surface area contributed by atoms with Gasteiger partial charge in [-0.1, -0.05) is 6.07 Å². The van der Waals surface area contributed by atoms with Crippen LogP contribution >= 0.6 is 12.4 Å². The molecule has 0 radical (unpaired) electrons. The summed E-state index contributed by atoms with van der Waals surface area (Å²) in [5, 5.41) is 26.1. The molecule has 0 saturated heterocycles. The summed E-state index contributed by atoms with van der Waals surface area (Å²) in [7, 11) is 1.87. The van der Waals surface area contributed by atoms with Crippen LogP contribution in [0.15, 0.2) is 30.5 Å². The predicted octanol–water partition coefficient (Wildman–Crippen LogP) is 1.54. The number of aryl methyl sites for hydroxylation is 1. The van der Waals surface area contributed by atoms with Gasteiger partial charge in [0, 0.05) is 38.0 Å². The monoisotopic (exact) mass is 269 g/mol. The molecule has 2 aromatic rings. The number of nitrogens with zero attached hydrogens (tertiary/aromatic N) is 2. The van der Waals surface area contributed by atoms with Crippen molar-refractivity contribution in [1.82, 2.24) is 15.1 Å². The number of phenolic OH excluding ortho intramolecular Hbond substituents is 2. The highest BCUT2D eigenvalue weighted by Crippen LogP contribution is 2.22. The second-order valence-electron chi connectivity index (χ2n) is 3.90. The number of phenols is 2. The van der Waals surface area contributed by atoms with Gasteiger partial charge in [0.05, 0.1) is 5.69 Å². The van der Waals surface area contributed by atoms with E-state index in [1.165, 1.54) is 6.07 Å². The summed E-state index contributed by atoms with van der Waals surface area (Å²) >= 11 is 0. The SMILES string of the molecule is Cl.Cn1ccc(CNCc2ccc(O)cc2O)n1.